The van der Waals surface area contributed by atoms with Crippen molar-refractivity contribution in [2.45, 2.75) is 36.9 Å². The Morgan fingerprint density at radius 3 is 2.50 bits per heavy atom. The first kappa shape index (κ1) is 29.3. The second-order valence-corrected chi connectivity index (χ2v) is 11.3. The maximum absolute atomic E-state index is 14.4. The van der Waals surface area contributed by atoms with Gasteiger partial charge in [-0.15, -0.1) is 0 Å². The lowest BCUT2D eigenvalue weighted by Crippen LogP contribution is -2.43. The Bertz CT molecular complexity index is 1590. The minimum Gasteiger partial charge on any atom is -0.486 e. The molecule has 1 aliphatic rings. The molecule has 6 nitrogen and oxygen atoms in total. The lowest BCUT2D eigenvalue weighted by Gasteiger charge is -2.35. The van der Waals surface area contributed by atoms with E-state index in [1.807, 2.05) is 0 Å². The fraction of sp³-hybridized carbons (Fsp3) is 0.222. The lowest BCUT2D eigenvalue weighted by molar-refractivity contribution is -0.140. The van der Waals surface area contributed by atoms with Gasteiger partial charge >= 0.3 is 12.1 Å². The van der Waals surface area contributed by atoms with Crippen molar-refractivity contribution < 1.29 is 45.0 Å². The topological polar surface area (TPSA) is 83.9 Å². The average molecular weight is 602 g/mol. The molecule has 3 aromatic carbocycles. The van der Waals surface area contributed by atoms with Crippen LogP contribution in [-0.4, -0.2) is 32.1 Å². The van der Waals surface area contributed by atoms with Crippen LogP contribution in [0.5, 0.6) is 5.75 Å². The van der Waals surface area contributed by atoms with Crippen molar-refractivity contribution in [2.24, 2.45) is 0 Å². The molecule has 40 heavy (non-hydrogen) atoms. The molecule has 3 aromatic rings. The summed E-state index contributed by atoms with van der Waals surface area (Å²) in [5.41, 5.74) is -0.883. The predicted octanol–water partition coefficient (Wildman–Crippen LogP) is 7.02. The molecule has 0 bridgehead atoms. The molecular weight excluding hydrogens is 581 g/mol. The summed E-state index contributed by atoms with van der Waals surface area (Å²) in [6.45, 7) is 1.17. The van der Waals surface area contributed by atoms with Gasteiger partial charge in [0.25, 0.3) is 10.0 Å². The third kappa shape index (κ3) is 6.07. The molecule has 0 aromatic heterocycles. The van der Waals surface area contributed by atoms with Gasteiger partial charge in [-0.3, -0.25) is 9.10 Å². The van der Waals surface area contributed by atoms with Crippen molar-refractivity contribution >= 4 is 44.9 Å². The Kier molecular flexibility index (Phi) is 8.13. The number of rotatable bonds is 7. The summed E-state index contributed by atoms with van der Waals surface area (Å²) in [5, 5.41) is 9.21. The monoisotopic (exact) mass is 601 g/mol. The molecule has 0 aliphatic carbocycles. The van der Waals surface area contributed by atoms with Gasteiger partial charge in [0.1, 0.15) is 23.5 Å². The molecule has 0 unspecified atom stereocenters. The van der Waals surface area contributed by atoms with Gasteiger partial charge in [0.05, 0.1) is 27.7 Å². The molecular formula is C27H21ClF5NO5S. The van der Waals surface area contributed by atoms with Gasteiger partial charge in [0.2, 0.25) is 0 Å². The summed E-state index contributed by atoms with van der Waals surface area (Å²) in [5.74, 6) is -3.34. The van der Waals surface area contributed by atoms with Crippen LogP contribution >= 0.6 is 11.6 Å². The zero-order valence-electron chi connectivity index (χ0n) is 20.7. The minimum atomic E-state index is -5.15. The molecule has 0 amide bonds. The molecule has 1 heterocycles. The van der Waals surface area contributed by atoms with Crippen LogP contribution in [0.25, 0.3) is 11.6 Å². The number of halogens is 6. The van der Waals surface area contributed by atoms with E-state index in [9.17, 15) is 35.2 Å². The van der Waals surface area contributed by atoms with E-state index in [4.69, 9.17) is 21.4 Å². The average Bonchev–Trinajstić information content (AvgIpc) is 2.86. The number of fused-ring (bicyclic) bond motifs is 1. The number of allylic oxidation sites excluding steroid dienone is 1. The van der Waals surface area contributed by atoms with Crippen molar-refractivity contribution in [2.75, 3.05) is 10.8 Å². The number of hydrogen-bond donors (Lipinski definition) is 1. The van der Waals surface area contributed by atoms with Gasteiger partial charge in [-0.25, -0.2) is 17.2 Å². The van der Waals surface area contributed by atoms with Gasteiger partial charge in [-0.2, -0.15) is 13.2 Å². The number of benzene rings is 3. The van der Waals surface area contributed by atoms with E-state index in [0.717, 1.165) is 10.4 Å². The fourth-order valence-corrected chi connectivity index (χ4v) is 6.12. The summed E-state index contributed by atoms with van der Waals surface area (Å²) in [4.78, 5) is 10.3. The van der Waals surface area contributed by atoms with Crippen LogP contribution in [0.3, 0.4) is 0 Å². The number of aliphatic carboxylic acids is 1. The number of anilines is 1. The molecule has 4 rings (SSSR count). The summed E-state index contributed by atoms with van der Waals surface area (Å²) in [6, 6.07) is 9.85. The third-order valence-electron chi connectivity index (χ3n) is 6.17. The Hall–Kier alpha value is -3.64. The van der Waals surface area contributed by atoms with E-state index in [2.05, 4.69) is 0 Å². The maximum atomic E-state index is 14.4. The molecule has 0 radical (unpaired) electrons. The summed E-state index contributed by atoms with van der Waals surface area (Å²) < 4.78 is 102. The van der Waals surface area contributed by atoms with E-state index in [1.54, 1.807) is 13.0 Å². The molecule has 1 N–H and O–H groups in total. The first-order chi connectivity index (χ1) is 18.7. The molecule has 1 aliphatic heterocycles. The first-order valence-corrected chi connectivity index (χ1v) is 13.5. The quantitative estimate of drug-likeness (QED) is 0.232. The SMILES string of the molecule is C/C(=C\c1ccc2c(c1)N(S(=O)(=O)c1ccc(F)c(C(F)(F)F)c1)C[C@H](CCC(=O)O)O2)c1c(F)cccc1Cl. The molecule has 0 spiro atoms. The van der Waals surface area contributed by atoms with Crippen LogP contribution in [0.15, 0.2) is 59.5 Å². The zero-order chi connectivity index (χ0) is 29.4. The van der Waals surface area contributed by atoms with Crippen LogP contribution in [0.2, 0.25) is 5.02 Å². The van der Waals surface area contributed by atoms with Crippen molar-refractivity contribution in [3.63, 3.8) is 0 Å². The fourth-order valence-electron chi connectivity index (χ4n) is 4.29. The van der Waals surface area contributed by atoms with Crippen LogP contribution in [0, 0.1) is 11.6 Å². The highest BCUT2D eigenvalue weighted by Gasteiger charge is 2.39. The highest BCUT2D eigenvalue weighted by Crippen LogP contribution is 2.41. The maximum Gasteiger partial charge on any atom is 0.419 e. The van der Waals surface area contributed by atoms with Gasteiger partial charge in [-0.1, -0.05) is 29.8 Å². The number of carbonyl (C=O) groups is 1. The van der Waals surface area contributed by atoms with Gasteiger partial charge in [-0.05, 0) is 66.9 Å². The van der Waals surface area contributed by atoms with E-state index in [-0.39, 0.29) is 40.9 Å². The molecule has 0 saturated carbocycles. The minimum absolute atomic E-state index is 0.0297. The van der Waals surface area contributed by atoms with Crippen molar-refractivity contribution in [1.29, 1.82) is 0 Å². The number of ether oxygens (including phenoxy) is 1. The molecule has 0 saturated heterocycles. The smallest absolute Gasteiger partial charge is 0.419 e. The number of carboxylic acids is 1. The van der Waals surface area contributed by atoms with E-state index in [1.165, 1.54) is 36.4 Å². The summed E-state index contributed by atoms with van der Waals surface area (Å²) in [7, 11) is -4.72. The van der Waals surface area contributed by atoms with E-state index >= 15 is 0 Å². The summed E-state index contributed by atoms with van der Waals surface area (Å²) in [6.07, 6.45) is -5.00. The Morgan fingerprint density at radius 1 is 1.12 bits per heavy atom. The van der Waals surface area contributed by atoms with Crippen molar-refractivity contribution in [3.05, 3.63) is 87.9 Å². The number of alkyl halides is 3. The number of nitrogens with zero attached hydrogens (tertiary/aromatic N) is 1. The normalized spacial score (nSPS) is 15.9. The van der Waals surface area contributed by atoms with Crippen LogP contribution in [0.4, 0.5) is 27.6 Å². The van der Waals surface area contributed by atoms with Crippen molar-refractivity contribution in [3.8, 4) is 5.75 Å². The molecule has 13 heteroatoms. The van der Waals surface area contributed by atoms with Gasteiger partial charge in [0, 0.05) is 12.0 Å². The van der Waals surface area contributed by atoms with Crippen LogP contribution in [-0.2, 0) is 21.0 Å². The lowest BCUT2D eigenvalue weighted by atomic mass is 10.0. The standard InChI is InChI=1S/C27H21ClF5NO5S/c1-15(26-20(28)3-2-4-22(26)30)11-16-5-9-24-23(12-16)34(14-17(39-24)6-10-25(35)36)40(37,38)18-7-8-21(29)19(13-18)27(31,32)33/h2-5,7-9,11-13,17H,6,10,14H2,1H3,(H,35,36)/b15-11+/t17-/m0/s1. The van der Waals surface area contributed by atoms with Gasteiger partial charge < -0.3 is 9.84 Å². The molecule has 212 valence electrons. The Labute approximate surface area is 231 Å². The third-order valence-corrected chi connectivity index (χ3v) is 8.26. The van der Waals surface area contributed by atoms with Crippen molar-refractivity contribution in [1.82, 2.24) is 0 Å². The predicted molar refractivity (Wildman–Crippen MR) is 139 cm³/mol. The highest BCUT2D eigenvalue weighted by molar-refractivity contribution is 7.92. The second kappa shape index (κ2) is 11.1. The number of sulfonamides is 1. The molecule has 1 atom stereocenters. The Morgan fingerprint density at radius 2 is 1.85 bits per heavy atom. The first-order valence-electron chi connectivity index (χ1n) is 11.7. The number of hydrogen-bond acceptors (Lipinski definition) is 4. The summed E-state index contributed by atoms with van der Waals surface area (Å²) >= 11 is 6.14. The van der Waals surface area contributed by atoms with Crippen LogP contribution in [0.1, 0.15) is 36.5 Å². The van der Waals surface area contributed by atoms with Crippen LogP contribution < -0.4 is 9.04 Å². The van der Waals surface area contributed by atoms with Gasteiger partial charge in [0.15, 0.2) is 0 Å². The highest BCUT2D eigenvalue weighted by atomic mass is 35.5. The number of carboxylic acid groups (broad SMARTS) is 1. The largest absolute Gasteiger partial charge is 0.486 e. The second-order valence-electron chi connectivity index (χ2n) is 9.00. The van der Waals surface area contributed by atoms with E-state index in [0.29, 0.717) is 17.2 Å². The zero-order valence-corrected chi connectivity index (χ0v) is 22.2. The Balaban J connectivity index is 1.82. The van der Waals surface area contributed by atoms with E-state index < -0.39 is 56.9 Å². The molecule has 0 fully saturated rings.